The Balaban J connectivity index is 1.78. The van der Waals surface area contributed by atoms with Gasteiger partial charge in [-0.2, -0.15) is 13.2 Å². The summed E-state index contributed by atoms with van der Waals surface area (Å²) < 4.78 is 42.2. The van der Waals surface area contributed by atoms with Gasteiger partial charge in [0.1, 0.15) is 5.52 Å². The van der Waals surface area contributed by atoms with Gasteiger partial charge >= 0.3 is 6.18 Å². The van der Waals surface area contributed by atoms with Crippen LogP contribution in [-0.2, 0) is 6.42 Å². The summed E-state index contributed by atoms with van der Waals surface area (Å²) in [6, 6.07) is 7.37. The van der Waals surface area contributed by atoms with E-state index in [9.17, 15) is 13.2 Å². The number of halogens is 3. The van der Waals surface area contributed by atoms with Crippen molar-refractivity contribution in [3.8, 4) is 0 Å². The summed E-state index contributed by atoms with van der Waals surface area (Å²) in [5.74, 6) is 0.570. The van der Waals surface area contributed by atoms with E-state index in [4.69, 9.17) is 9.52 Å². The molecule has 0 radical (unpaired) electrons. The molecule has 1 atom stereocenters. The van der Waals surface area contributed by atoms with Gasteiger partial charge in [-0.3, -0.25) is 0 Å². The summed E-state index contributed by atoms with van der Waals surface area (Å²) in [5, 5.41) is 8.97. The minimum atomic E-state index is -4.57. The fraction of sp³-hybridized carbons (Fsp3) is 0.500. The van der Waals surface area contributed by atoms with Crippen LogP contribution in [0.25, 0.3) is 11.1 Å². The zero-order chi connectivity index (χ0) is 15.5. The van der Waals surface area contributed by atoms with Crippen molar-refractivity contribution in [2.45, 2.75) is 25.1 Å². The van der Waals surface area contributed by atoms with E-state index in [0.29, 0.717) is 30.9 Å². The number of aryl methyl sites for hydroxylation is 1. The molecular weight excluding hydrogens is 285 g/mol. The van der Waals surface area contributed by atoms with Gasteiger partial charge in [0, 0.05) is 13.0 Å². The molecule has 116 valence electrons. The van der Waals surface area contributed by atoms with E-state index in [1.165, 1.54) is 4.90 Å². The second kappa shape index (κ2) is 6.44. The third-order valence-electron chi connectivity index (χ3n) is 3.13. The number of aromatic nitrogens is 1. The van der Waals surface area contributed by atoms with Crippen molar-refractivity contribution in [2.24, 2.45) is 0 Å². The molecule has 1 aromatic heterocycles. The number of oxazole rings is 1. The van der Waals surface area contributed by atoms with Crippen LogP contribution in [0.1, 0.15) is 12.3 Å². The molecule has 0 aliphatic carbocycles. The Kier molecular flexibility index (Phi) is 4.84. The van der Waals surface area contributed by atoms with E-state index >= 15 is 0 Å². The van der Waals surface area contributed by atoms with Crippen molar-refractivity contribution in [1.82, 2.24) is 9.88 Å². The molecule has 0 saturated heterocycles. The molecule has 4 nitrogen and oxygen atoms in total. The largest absolute Gasteiger partial charge is 0.441 e. The molecule has 1 N–H and O–H groups in total. The lowest BCUT2D eigenvalue weighted by molar-refractivity contribution is -0.207. The molecule has 0 bridgehead atoms. The second-order valence-electron chi connectivity index (χ2n) is 5.00. The monoisotopic (exact) mass is 302 g/mol. The molecule has 7 heteroatoms. The fourth-order valence-electron chi connectivity index (χ4n) is 2.02. The number of hydrogen-bond donors (Lipinski definition) is 1. The summed E-state index contributed by atoms with van der Waals surface area (Å²) in [6.07, 6.45) is -5.74. The van der Waals surface area contributed by atoms with Crippen LogP contribution in [0.15, 0.2) is 28.7 Å². The first-order valence-corrected chi connectivity index (χ1v) is 6.64. The maximum Gasteiger partial charge on any atom is 0.415 e. The number of para-hydroxylation sites is 2. The van der Waals surface area contributed by atoms with Gasteiger partial charge in [-0.1, -0.05) is 12.1 Å². The zero-order valence-corrected chi connectivity index (χ0v) is 11.6. The van der Waals surface area contributed by atoms with Crippen LogP contribution < -0.4 is 0 Å². The van der Waals surface area contributed by atoms with Gasteiger partial charge < -0.3 is 14.4 Å². The summed E-state index contributed by atoms with van der Waals surface area (Å²) in [7, 11) is 1.54. The average molecular weight is 302 g/mol. The minimum Gasteiger partial charge on any atom is -0.441 e. The molecule has 0 aliphatic heterocycles. The average Bonchev–Trinajstić information content (AvgIpc) is 2.80. The summed E-state index contributed by atoms with van der Waals surface area (Å²) >= 11 is 0. The summed E-state index contributed by atoms with van der Waals surface area (Å²) in [5.41, 5.74) is 1.47. The first-order chi connectivity index (χ1) is 9.86. The number of hydrogen-bond acceptors (Lipinski definition) is 4. The minimum absolute atomic E-state index is 0.422. The number of likely N-dealkylation sites (N-methyl/N-ethyl adjacent to an activating group) is 1. The van der Waals surface area contributed by atoms with Crippen molar-refractivity contribution >= 4 is 11.1 Å². The van der Waals surface area contributed by atoms with Crippen LogP contribution in [0, 0.1) is 0 Å². The molecule has 0 saturated carbocycles. The van der Waals surface area contributed by atoms with Crippen molar-refractivity contribution in [1.29, 1.82) is 0 Å². The Morgan fingerprint density at radius 2 is 2.05 bits per heavy atom. The molecule has 0 amide bonds. The predicted molar refractivity (Wildman–Crippen MR) is 71.9 cm³/mol. The SMILES string of the molecule is CN(CCCc1nc2ccccc2o1)CC(O)C(F)(F)F. The molecular formula is C14H17F3N2O2. The van der Waals surface area contributed by atoms with Gasteiger partial charge in [-0.05, 0) is 32.1 Å². The Hall–Kier alpha value is -1.60. The van der Waals surface area contributed by atoms with E-state index in [2.05, 4.69) is 4.98 Å². The van der Waals surface area contributed by atoms with E-state index in [-0.39, 0.29) is 0 Å². The lowest BCUT2D eigenvalue weighted by atomic mass is 10.2. The van der Waals surface area contributed by atoms with Gasteiger partial charge in [0.25, 0.3) is 0 Å². The number of rotatable bonds is 6. The summed E-state index contributed by atoms with van der Waals surface area (Å²) in [6.45, 7) is -0.0110. The lowest BCUT2D eigenvalue weighted by Gasteiger charge is -2.21. The van der Waals surface area contributed by atoms with Crippen LogP contribution >= 0.6 is 0 Å². The topological polar surface area (TPSA) is 49.5 Å². The summed E-state index contributed by atoms with van der Waals surface area (Å²) in [4.78, 5) is 5.74. The maximum absolute atomic E-state index is 12.2. The molecule has 1 aromatic carbocycles. The van der Waals surface area contributed by atoms with Gasteiger partial charge in [-0.15, -0.1) is 0 Å². The van der Waals surface area contributed by atoms with Crippen molar-refractivity contribution in [3.05, 3.63) is 30.2 Å². The van der Waals surface area contributed by atoms with Gasteiger partial charge in [0.2, 0.25) is 0 Å². The number of nitrogens with zero attached hydrogens (tertiary/aromatic N) is 2. The molecule has 1 heterocycles. The van der Waals surface area contributed by atoms with Crippen molar-refractivity contribution < 1.29 is 22.7 Å². The Morgan fingerprint density at radius 3 is 2.71 bits per heavy atom. The lowest BCUT2D eigenvalue weighted by Crippen LogP contribution is -2.39. The first-order valence-electron chi connectivity index (χ1n) is 6.64. The second-order valence-corrected chi connectivity index (χ2v) is 5.00. The van der Waals surface area contributed by atoms with Gasteiger partial charge in [-0.25, -0.2) is 4.98 Å². The van der Waals surface area contributed by atoms with Crippen molar-refractivity contribution in [3.63, 3.8) is 0 Å². The highest BCUT2D eigenvalue weighted by molar-refractivity contribution is 5.72. The third-order valence-corrected chi connectivity index (χ3v) is 3.13. The zero-order valence-electron chi connectivity index (χ0n) is 11.6. The third kappa shape index (κ3) is 4.44. The van der Waals surface area contributed by atoms with E-state index in [1.807, 2.05) is 24.3 Å². The van der Waals surface area contributed by atoms with Gasteiger partial charge in [0.05, 0.1) is 0 Å². The highest BCUT2D eigenvalue weighted by atomic mass is 19.4. The fourth-order valence-corrected chi connectivity index (χ4v) is 2.02. The molecule has 0 aliphatic rings. The number of aliphatic hydroxyl groups excluding tert-OH is 1. The van der Waals surface area contributed by atoms with Crippen LogP contribution in [0.4, 0.5) is 13.2 Å². The molecule has 0 fully saturated rings. The quantitative estimate of drug-likeness (QED) is 0.891. The Labute approximate surface area is 120 Å². The first kappa shape index (κ1) is 15.8. The highest BCUT2D eigenvalue weighted by Gasteiger charge is 2.38. The molecule has 2 aromatic rings. The maximum atomic E-state index is 12.2. The van der Waals surface area contributed by atoms with Crippen molar-refractivity contribution in [2.75, 3.05) is 20.1 Å². The van der Waals surface area contributed by atoms with Gasteiger partial charge in [0.15, 0.2) is 17.6 Å². The predicted octanol–water partition coefficient (Wildman–Crippen LogP) is 2.62. The van der Waals surface area contributed by atoms with Crippen LogP contribution in [0.5, 0.6) is 0 Å². The van der Waals surface area contributed by atoms with Crippen LogP contribution in [0.3, 0.4) is 0 Å². The smallest absolute Gasteiger partial charge is 0.415 e. The van der Waals surface area contributed by atoms with E-state index in [1.54, 1.807) is 7.05 Å². The van der Waals surface area contributed by atoms with Crippen LogP contribution in [-0.4, -0.2) is 47.4 Å². The Bertz CT molecular complexity index is 550. The standard InChI is InChI=1S/C14H17F3N2O2/c1-19(9-12(20)14(15,16)17)8-4-7-13-18-10-5-2-3-6-11(10)21-13/h2-3,5-6,12,20H,4,7-9H2,1H3. The van der Waals surface area contributed by atoms with E-state index < -0.39 is 18.8 Å². The molecule has 2 rings (SSSR count). The number of benzene rings is 1. The Morgan fingerprint density at radius 1 is 1.33 bits per heavy atom. The normalized spacial score (nSPS) is 14.0. The highest BCUT2D eigenvalue weighted by Crippen LogP contribution is 2.20. The number of fused-ring (bicyclic) bond motifs is 1. The van der Waals surface area contributed by atoms with Crippen LogP contribution in [0.2, 0.25) is 0 Å². The molecule has 21 heavy (non-hydrogen) atoms. The number of alkyl halides is 3. The molecule has 0 spiro atoms. The van der Waals surface area contributed by atoms with E-state index in [0.717, 1.165) is 5.52 Å². The molecule has 1 unspecified atom stereocenters. The number of aliphatic hydroxyl groups is 1.